The van der Waals surface area contributed by atoms with Gasteiger partial charge in [0, 0.05) is 0 Å². The number of aromatic nitrogens is 2. The van der Waals surface area contributed by atoms with Gasteiger partial charge in [0.05, 0.1) is 5.92 Å². The van der Waals surface area contributed by atoms with Gasteiger partial charge in [-0.15, -0.1) is 0 Å². The molecule has 0 unspecified atom stereocenters. The van der Waals surface area contributed by atoms with Crippen molar-refractivity contribution in [2.45, 2.75) is 129 Å². The molecular formula is C29H49N2+. The maximum atomic E-state index is 3.54. The summed E-state index contributed by atoms with van der Waals surface area (Å²) in [6, 6.07) is 10.8. The predicted octanol–water partition coefficient (Wildman–Crippen LogP) is 8.72. The molecule has 0 aliphatic carbocycles. The lowest BCUT2D eigenvalue weighted by Gasteiger charge is -2.12. The van der Waals surface area contributed by atoms with Gasteiger partial charge in [-0.1, -0.05) is 134 Å². The Labute approximate surface area is 192 Å². The van der Waals surface area contributed by atoms with Crippen molar-refractivity contribution in [3.63, 3.8) is 0 Å². The van der Waals surface area contributed by atoms with E-state index in [2.05, 4.69) is 66.1 Å². The number of H-pyrrole nitrogens is 1. The summed E-state index contributed by atoms with van der Waals surface area (Å²) in [5.74, 6) is 2.05. The molecular weight excluding hydrogens is 376 g/mol. The highest BCUT2D eigenvalue weighted by molar-refractivity contribution is 5.13. The van der Waals surface area contributed by atoms with Crippen LogP contribution in [0.15, 0.2) is 42.7 Å². The number of benzene rings is 1. The Hall–Kier alpha value is -1.57. The van der Waals surface area contributed by atoms with E-state index in [-0.39, 0.29) is 0 Å². The third kappa shape index (κ3) is 11.0. The Kier molecular flexibility index (Phi) is 14.1. The van der Waals surface area contributed by atoms with Crippen LogP contribution < -0.4 is 4.57 Å². The minimum atomic E-state index is 0.649. The second kappa shape index (κ2) is 17.0. The van der Waals surface area contributed by atoms with E-state index in [1.807, 2.05) is 0 Å². The van der Waals surface area contributed by atoms with Gasteiger partial charge in [0.2, 0.25) is 0 Å². The number of nitrogens with zero attached hydrogens (tertiary/aromatic N) is 1. The second-order valence-corrected chi connectivity index (χ2v) is 9.45. The Morgan fingerprint density at radius 2 is 1.26 bits per heavy atom. The molecule has 1 aromatic carbocycles. The van der Waals surface area contributed by atoms with Crippen molar-refractivity contribution in [2.75, 3.05) is 0 Å². The normalized spacial score (nSPS) is 12.3. The zero-order valence-electron chi connectivity index (χ0n) is 20.6. The Bertz CT molecular complexity index is 646. The van der Waals surface area contributed by atoms with Gasteiger partial charge in [0.15, 0.2) is 0 Å². The zero-order chi connectivity index (χ0) is 22.0. The van der Waals surface area contributed by atoms with E-state index in [1.165, 1.54) is 114 Å². The number of rotatable bonds is 19. The fourth-order valence-corrected chi connectivity index (χ4v) is 4.77. The van der Waals surface area contributed by atoms with Crippen LogP contribution in [0.25, 0.3) is 0 Å². The third-order valence-electron chi connectivity index (χ3n) is 6.78. The number of nitrogens with one attached hydrogen (secondary N) is 1. The van der Waals surface area contributed by atoms with E-state index in [0.717, 1.165) is 6.54 Å². The first-order chi connectivity index (χ1) is 15.3. The molecule has 1 heterocycles. The van der Waals surface area contributed by atoms with Gasteiger partial charge in [0.25, 0.3) is 5.82 Å². The average Bonchev–Trinajstić information content (AvgIpc) is 3.25. The predicted molar refractivity (Wildman–Crippen MR) is 134 cm³/mol. The van der Waals surface area contributed by atoms with Gasteiger partial charge in [-0.25, -0.2) is 9.55 Å². The topological polar surface area (TPSA) is 19.7 Å². The summed E-state index contributed by atoms with van der Waals surface area (Å²) in [5, 5.41) is 0. The fraction of sp³-hybridized carbons (Fsp3) is 0.690. The molecule has 0 bridgehead atoms. The standard InChI is InChI=1S/C29H48N2/c1-3-5-6-7-8-9-10-11-12-13-14-15-16-20-23-28(4-2)29-30-24-25-31(29)26-27-21-18-17-19-22-27/h17-19,21-22,24-25,28H,3-16,20,23,26H2,1-2H3/p+1/t28-/m0/s1. The van der Waals surface area contributed by atoms with Gasteiger partial charge >= 0.3 is 0 Å². The van der Waals surface area contributed by atoms with Gasteiger partial charge in [-0.05, 0) is 18.4 Å². The second-order valence-electron chi connectivity index (χ2n) is 9.45. The maximum absolute atomic E-state index is 3.54. The van der Waals surface area contributed by atoms with Crippen molar-refractivity contribution in [1.29, 1.82) is 0 Å². The van der Waals surface area contributed by atoms with E-state index < -0.39 is 0 Å². The number of unbranched alkanes of at least 4 members (excludes halogenated alkanes) is 13. The van der Waals surface area contributed by atoms with E-state index in [9.17, 15) is 0 Å². The summed E-state index contributed by atoms with van der Waals surface area (Å²) < 4.78 is 2.41. The van der Waals surface area contributed by atoms with Crippen molar-refractivity contribution < 1.29 is 4.57 Å². The first-order valence-corrected chi connectivity index (χ1v) is 13.5. The highest BCUT2D eigenvalue weighted by Gasteiger charge is 2.21. The van der Waals surface area contributed by atoms with Crippen LogP contribution in [0.3, 0.4) is 0 Å². The van der Waals surface area contributed by atoms with Gasteiger partial charge < -0.3 is 0 Å². The fourth-order valence-electron chi connectivity index (χ4n) is 4.77. The van der Waals surface area contributed by atoms with Crippen molar-refractivity contribution in [1.82, 2.24) is 4.98 Å². The van der Waals surface area contributed by atoms with Crippen LogP contribution in [-0.2, 0) is 6.54 Å². The highest BCUT2D eigenvalue weighted by atomic mass is 15.1. The molecule has 0 spiro atoms. The monoisotopic (exact) mass is 425 g/mol. The van der Waals surface area contributed by atoms with Crippen LogP contribution in [-0.4, -0.2) is 4.98 Å². The van der Waals surface area contributed by atoms with E-state index in [0.29, 0.717) is 5.92 Å². The van der Waals surface area contributed by atoms with E-state index >= 15 is 0 Å². The van der Waals surface area contributed by atoms with Crippen molar-refractivity contribution in [3.05, 3.63) is 54.1 Å². The number of hydrogen-bond acceptors (Lipinski definition) is 0. The molecule has 0 fully saturated rings. The number of imidazole rings is 1. The molecule has 0 radical (unpaired) electrons. The smallest absolute Gasteiger partial charge is 0.247 e. The molecule has 2 heteroatoms. The lowest BCUT2D eigenvalue weighted by molar-refractivity contribution is -0.695. The summed E-state index contributed by atoms with van der Waals surface area (Å²) in [6.07, 6.45) is 26.9. The first-order valence-electron chi connectivity index (χ1n) is 13.5. The van der Waals surface area contributed by atoms with Crippen molar-refractivity contribution in [2.24, 2.45) is 0 Å². The lowest BCUT2D eigenvalue weighted by atomic mass is 9.96. The molecule has 0 saturated heterocycles. The van der Waals surface area contributed by atoms with Gasteiger partial charge in [-0.2, -0.15) is 0 Å². The molecule has 0 aliphatic heterocycles. The summed E-state index contributed by atoms with van der Waals surface area (Å²) in [7, 11) is 0. The SMILES string of the molecule is CCCCCCCCCCCCCCCC[C@H](CC)c1[nH]cc[n+]1Cc1ccccc1. The molecule has 31 heavy (non-hydrogen) atoms. The molecule has 174 valence electrons. The molecule has 2 rings (SSSR count). The minimum Gasteiger partial charge on any atom is -0.247 e. The molecule has 2 aromatic rings. The van der Waals surface area contributed by atoms with Crippen LogP contribution >= 0.6 is 0 Å². The molecule has 0 aliphatic rings. The van der Waals surface area contributed by atoms with Gasteiger partial charge in [0.1, 0.15) is 18.9 Å². The maximum Gasteiger partial charge on any atom is 0.257 e. The average molecular weight is 426 g/mol. The van der Waals surface area contributed by atoms with Crippen molar-refractivity contribution >= 4 is 0 Å². The largest absolute Gasteiger partial charge is 0.257 e. The summed E-state index contributed by atoms with van der Waals surface area (Å²) >= 11 is 0. The van der Waals surface area contributed by atoms with E-state index in [1.54, 1.807) is 0 Å². The molecule has 2 nitrogen and oxygen atoms in total. The lowest BCUT2D eigenvalue weighted by Crippen LogP contribution is -2.38. The number of aromatic amines is 1. The van der Waals surface area contributed by atoms with Gasteiger partial charge in [-0.3, -0.25) is 0 Å². The third-order valence-corrected chi connectivity index (χ3v) is 6.78. The van der Waals surface area contributed by atoms with Crippen LogP contribution in [0, 0.1) is 0 Å². The van der Waals surface area contributed by atoms with E-state index in [4.69, 9.17) is 0 Å². The molecule has 0 saturated carbocycles. The van der Waals surface area contributed by atoms with Crippen LogP contribution in [0.5, 0.6) is 0 Å². The van der Waals surface area contributed by atoms with Crippen LogP contribution in [0.4, 0.5) is 0 Å². The van der Waals surface area contributed by atoms with Crippen LogP contribution in [0.1, 0.15) is 134 Å². The minimum absolute atomic E-state index is 0.649. The summed E-state index contributed by atoms with van der Waals surface area (Å²) in [6.45, 7) is 5.60. The zero-order valence-corrected chi connectivity index (χ0v) is 20.6. The van der Waals surface area contributed by atoms with Crippen molar-refractivity contribution in [3.8, 4) is 0 Å². The quantitative estimate of drug-likeness (QED) is 0.171. The number of hydrogen-bond donors (Lipinski definition) is 1. The Morgan fingerprint density at radius 1 is 0.710 bits per heavy atom. The first kappa shape index (κ1) is 25.7. The van der Waals surface area contributed by atoms with Crippen LogP contribution in [0.2, 0.25) is 0 Å². The highest BCUT2D eigenvalue weighted by Crippen LogP contribution is 2.23. The molecule has 1 aromatic heterocycles. The Morgan fingerprint density at radius 3 is 1.81 bits per heavy atom. The molecule has 1 N–H and O–H groups in total. The summed E-state index contributed by atoms with van der Waals surface area (Å²) in [5.41, 5.74) is 1.37. The Balaban J connectivity index is 1.52. The summed E-state index contributed by atoms with van der Waals surface area (Å²) in [4.78, 5) is 3.54. The molecule has 1 atom stereocenters. The molecule has 0 amide bonds.